The number of carbonyl (C=O) groups is 1. The molecule has 1 aliphatic heterocycles. The molecular formula is C21H25N5O2. The van der Waals surface area contributed by atoms with Crippen LogP contribution in [0.15, 0.2) is 35.2 Å². The molecule has 3 aromatic heterocycles. The fraction of sp³-hybridized carbons (Fsp3) is 0.429. The van der Waals surface area contributed by atoms with Crippen LogP contribution in [-0.2, 0) is 6.54 Å². The average Bonchev–Trinajstić information content (AvgIpc) is 3.24. The van der Waals surface area contributed by atoms with Gasteiger partial charge in [0.15, 0.2) is 0 Å². The number of rotatable bonds is 4. The molecule has 0 unspecified atom stereocenters. The van der Waals surface area contributed by atoms with Crippen molar-refractivity contribution in [2.24, 2.45) is 5.92 Å². The van der Waals surface area contributed by atoms with Gasteiger partial charge < -0.3 is 14.0 Å². The van der Waals surface area contributed by atoms with E-state index < -0.39 is 0 Å². The van der Waals surface area contributed by atoms with Crippen LogP contribution in [0.3, 0.4) is 0 Å². The largest absolute Gasteiger partial charge is 0.361 e. The van der Waals surface area contributed by atoms with E-state index in [-0.39, 0.29) is 5.91 Å². The van der Waals surface area contributed by atoms with Gasteiger partial charge in [0.05, 0.1) is 5.69 Å². The van der Waals surface area contributed by atoms with Crippen molar-refractivity contribution in [1.29, 1.82) is 0 Å². The van der Waals surface area contributed by atoms with E-state index in [1.807, 2.05) is 36.4 Å². The fourth-order valence-electron chi connectivity index (χ4n) is 3.94. The topological polar surface area (TPSA) is 77.0 Å². The number of imidazole rings is 1. The molecule has 0 atom stereocenters. The van der Waals surface area contributed by atoms with Crippen LogP contribution in [-0.4, -0.2) is 43.6 Å². The van der Waals surface area contributed by atoms with Crippen molar-refractivity contribution in [2.45, 2.75) is 40.2 Å². The second-order valence-electron chi connectivity index (χ2n) is 7.51. The summed E-state index contributed by atoms with van der Waals surface area (Å²) < 4.78 is 7.43. The molecule has 1 aliphatic rings. The Kier molecular flexibility index (Phi) is 4.98. The van der Waals surface area contributed by atoms with Crippen LogP contribution in [0.4, 0.5) is 0 Å². The Morgan fingerprint density at radius 1 is 1.21 bits per heavy atom. The summed E-state index contributed by atoms with van der Waals surface area (Å²) in [6.45, 7) is 8.11. The third kappa shape index (κ3) is 3.44. The van der Waals surface area contributed by atoms with E-state index in [0.717, 1.165) is 49.6 Å². The smallest absolute Gasteiger partial charge is 0.259 e. The van der Waals surface area contributed by atoms with Gasteiger partial charge in [0.2, 0.25) is 0 Å². The molecule has 7 heteroatoms. The number of carbonyl (C=O) groups excluding carboxylic acids is 1. The van der Waals surface area contributed by atoms with Crippen molar-refractivity contribution in [3.63, 3.8) is 0 Å². The lowest BCUT2D eigenvalue weighted by atomic mass is 9.95. The predicted molar refractivity (Wildman–Crippen MR) is 105 cm³/mol. The van der Waals surface area contributed by atoms with Gasteiger partial charge in [0.1, 0.15) is 17.1 Å². The summed E-state index contributed by atoms with van der Waals surface area (Å²) in [6.07, 6.45) is 7.48. The van der Waals surface area contributed by atoms with Crippen LogP contribution in [0.5, 0.6) is 0 Å². The first-order valence-electron chi connectivity index (χ1n) is 9.69. The first-order valence-corrected chi connectivity index (χ1v) is 9.69. The first kappa shape index (κ1) is 18.4. The Hall–Kier alpha value is -2.96. The Balaban J connectivity index is 1.43. The molecule has 0 aromatic carbocycles. The van der Waals surface area contributed by atoms with E-state index in [1.54, 1.807) is 13.1 Å². The summed E-state index contributed by atoms with van der Waals surface area (Å²) >= 11 is 0. The van der Waals surface area contributed by atoms with Gasteiger partial charge in [-0.3, -0.25) is 9.78 Å². The van der Waals surface area contributed by atoms with Gasteiger partial charge in [0.25, 0.3) is 5.91 Å². The summed E-state index contributed by atoms with van der Waals surface area (Å²) in [5.74, 6) is 2.10. The molecule has 0 N–H and O–H groups in total. The molecule has 4 rings (SSSR count). The Labute approximate surface area is 164 Å². The first-order chi connectivity index (χ1) is 13.5. The molecule has 4 heterocycles. The third-order valence-corrected chi connectivity index (χ3v) is 5.56. The summed E-state index contributed by atoms with van der Waals surface area (Å²) in [5, 5.41) is 3.91. The Bertz CT molecular complexity index is 949. The van der Waals surface area contributed by atoms with Crippen molar-refractivity contribution in [2.75, 3.05) is 13.1 Å². The van der Waals surface area contributed by atoms with Gasteiger partial charge in [0, 0.05) is 49.5 Å². The lowest BCUT2D eigenvalue weighted by molar-refractivity contribution is 0.0680. The number of hydrogen-bond donors (Lipinski definition) is 0. The number of amides is 1. The third-order valence-electron chi connectivity index (χ3n) is 5.56. The minimum Gasteiger partial charge on any atom is -0.361 e. The highest BCUT2D eigenvalue weighted by Crippen LogP contribution is 2.26. The highest BCUT2D eigenvalue weighted by Gasteiger charge is 2.28. The molecule has 1 amide bonds. The highest BCUT2D eigenvalue weighted by molar-refractivity contribution is 5.96. The molecule has 1 fully saturated rings. The molecule has 146 valence electrons. The minimum atomic E-state index is 0.0320. The van der Waals surface area contributed by atoms with Gasteiger partial charge in [-0.1, -0.05) is 5.16 Å². The van der Waals surface area contributed by atoms with Gasteiger partial charge in [-0.05, 0) is 51.7 Å². The zero-order valence-corrected chi connectivity index (χ0v) is 16.6. The Morgan fingerprint density at radius 2 is 2.00 bits per heavy atom. The standard InChI is InChI=1S/C21H25N5O2/c1-14-11-23-20(18-5-4-8-22-12-18)26(14)13-17-6-9-25(10-7-17)21(27)19-15(2)24-28-16(19)3/h4-5,8,11-12,17H,6-7,9-10,13H2,1-3H3. The summed E-state index contributed by atoms with van der Waals surface area (Å²) in [7, 11) is 0. The van der Waals surface area contributed by atoms with Crippen LogP contribution in [0.1, 0.15) is 40.3 Å². The van der Waals surface area contributed by atoms with Gasteiger partial charge in [-0.2, -0.15) is 0 Å². The maximum Gasteiger partial charge on any atom is 0.259 e. The molecule has 0 saturated carbocycles. The van der Waals surface area contributed by atoms with Crippen molar-refractivity contribution >= 4 is 5.91 Å². The van der Waals surface area contributed by atoms with Crippen LogP contribution >= 0.6 is 0 Å². The van der Waals surface area contributed by atoms with E-state index >= 15 is 0 Å². The van der Waals surface area contributed by atoms with Gasteiger partial charge >= 0.3 is 0 Å². The quantitative estimate of drug-likeness (QED) is 0.694. The number of likely N-dealkylation sites (tertiary alicyclic amines) is 1. The maximum atomic E-state index is 12.8. The van der Waals surface area contributed by atoms with E-state index in [1.165, 1.54) is 0 Å². The maximum absolute atomic E-state index is 12.8. The summed E-state index contributed by atoms with van der Waals surface area (Å²) in [6, 6.07) is 3.97. The zero-order valence-electron chi connectivity index (χ0n) is 16.6. The lowest BCUT2D eigenvalue weighted by Gasteiger charge is -2.32. The molecular weight excluding hydrogens is 354 g/mol. The number of pyridine rings is 1. The molecule has 0 bridgehead atoms. The second kappa shape index (κ2) is 7.58. The van der Waals surface area contributed by atoms with E-state index in [4.69, 9.17) is 4.52 Å². The molecule has 0 spiro atoms. The lowest BCUT2D eigenvalue weighted by Crippen LogP contribution is -2.39. The minimum absolute atomic E-state index is 0.0320. The summed E-state index contributed by atoms with van der Waals surface area (Å²) in [4.78, 5) is 23.6. The second-order valence-corrected chi connectivity index (χ2v) is 7.51. The fourth-order valence-corrected chi connectivity index (χ4v) is 3.94. The highest BCUT2D eigenvalue weighted by atomic mass is 16.5. The molecule has 0 radical (unpaired) electrons. The van der Waals surface area contributed by atoms with Crippen molar-refractivity contribution < 1.29 is 9.32 Å². The number of nitrogens with zero attached hydrogens (tertiary/aromatic N) is 5. The zero-order chi connectivity index (χ0) is 19.7. The number of aryl methyl sites for hydroxylation is 3. The van der Waals surface area contributed by atoms with Crippen molar-refractivity contribution in [1.82, 2.24) is 24.6 Å². The molecule has 1 saturated heterocycles. The molecule has 3 aromatic rings. The molecule has 28 heavy (non-hydrogen) atoms. The normalized spacial score (nSPS) is 15.2. The van der Waals surface area contributed by atoms with Crippen LogP contribution in [0.25, 0.3) is 11.4 Å². The SMILES string of the molecule is Cc1noc(C)c1C(=O)N1CCC(Cn2c(C)cnc2-c2cccnc2)CC1. The summed E-state index contributed by atoms with van der Waals surface area (Å²) in [5.41, 5.74) is 3.46. The van der Waals surface area contributed by atoms with Crippen LogP contribution < -0.4 is 0 Å². The van der Waals surface area contributed by atoms with Crippen LogP contribution in [0, 0.1) is 26.7 Å². The Morgan fingerprint density at radius 3 is 2.64 bits per heavy atom. The van der Waals surface area contributed by atoms with E-state index in [9.17, 15) is 4.79 Å². The number of aromatic nitrogens is 4. The van der Waals surface area contributed by atoms with Crippen molar-refractivity contribution in [3.8, 4) is 11.4 Å². The number of piperidine rings is 1. The van der Waals surface area contributed by atoms with E-state index in [0.29, 0.717) is 22.9 Å². The molecule has 0 aliphatic carbocycles. The monoisotopic (exact) mass is 379 g/mol. The van der Waals surface area contributed by atoms with Gasteiger partial charge in [-0.25, -0.2) is 4.98 Å². The predicted octanol–water partition coefficient (Wildman–Crippen LogP) is 3.41. The number of hydrogen-bond acceptors (Lipinski definition) is 5. The average molecular weight is 379 g/mol. The van der Waals surface area contributed by atoms with Crippen molar-refractivity contribution in [3.05, 3.63) is 53.4 Å². The van der Waals surface area contributed by atoms with E-state index in [2.05, 4.69) is 26.6 Å². The molecule has 7 nitrogen and oxygen atoms in total. The van der Waals surface area contributed by atoms with Gasteiger partial charge in [-0.15, -0.1) is 0 Å². The van der Waals surface area contributed by atoms with Crippen LogP contribution in [0.2, 0.25) is 0 Å².